The first-order valence-corrected chi connectivity index (χ1v) is 13.9. The molecule has 0 spiro atoms. The summed E-state index contributed by atoms with van der Waals surface area (Å²) in [7, 11) is 0. The van der Waals surface area contributed by atoms with Gasteiger partial charge in [-0.25, -0.2) is 4.39 Å². The molecule has 6 aromatic carbocycles. The highest BCUT2D eigenvalue weighted by molar-refractivity contribution is 7.00. The van der Waals surface area contributed by atoms with Crippen LogP contribution in [0, 0.1) is 5.82 Å². The molecule has 10 rings (SSSR count). The third-order valence-electron chi connectivity index (χ3n) is 8.99. The van der Waals surface area contributed by atoms with Crippen LogP contribution in [0.15, 0.2) is 121 Å². The van der Waals surface area contributed by atoms with Crippen LogP contribution in [0.5, 0.6) is 11.5 Å². The van der Waals surface area contributed by atoms with Gasteiger partial charge in [-0.2, -0.15) is 0 Å². The maximum absolute atomic E-state index is 14.8. The summed E-state index contributed by atoms with van der Waals surface area (Å²) in [6, 6.07) is 41.2. The lowest BCUT2D eigenvalue weighted by Gasteiger charge is -2.32. The quantitative estimate of drug-likeness (QED) is 0.223. The molecule has 0 N–H and O–H groups in total. The first-order valence-electron chi connectivity index (χ1n) is 13.9. The number of ether oxygens (including phenoxy) is 1. The molecule has 2 aromatic heterocycles. The Bertz CT molecular complexity index is 2420. The van der Waals surface area contributed by atoms with Crippen LogP contribution in [0.1, 0.15) is 0 Å². The SMILES string of the molecule is Fc1ccc2c(c1)c1cc3c4cc(Oc5ccccc5)ccc4n4c3c3c1n2-c1ccccc1B3c1ccccc1-4. The highest BCUT2D eigenvalue weighted by Gasteiger charge is 2.40. The molecular weight excluding hydrogens is 506 g/mol. The van der Waals surface area contributed by atoms with Gasteiger partial charge in [-0.05, 0) is 83.1 Å². The number of hydrogen-bond donors (Lipinski definition) is 0. The van der Waals surface area contributed by atoms with Crippen molar-refractivity contribution in [2.24, 2.45) is 0 Å². The van der Waals surface area contributed by atoms with E-state index in [0.29, 0.717) is 0 Å². The van der Waals surface area contributed by atoms with E-state index in [1.807, 2.05) is 36.4 Å². The number of halogens is 1. The molecule has 8 aromatic rings. The van der Waals surface area contributed by atoms with Gasteiger partial charge < -0.3 is 13.9 Å². The van der Waals surface area contributed by atoms with Gasteiger partial charge in [-0.15, -0.1) is 0 Å². The number of para-hydroxylation sites is 3. The fourth-order valence-corrected chi connectivity index (χ4v) is 7.47. The molecule has 0 atom stereocenters. The minimum Gasteiger partial charge on any atom is -0.457 e. The van der Waals surface area contributed by atoms with Crippen LogP contribution in [0.3, 0.4) is 0 Å². The van der Waals surface area contributed by atoms with Crippen molar-refractivity contribution in [3.63, 3.8) is 0 Å². The molecule has 0 saturated carbocycles. The summed E-state index contributed by atoms with van der Waals surface area (Å²) in [6.07, 6.45) is 0. The van der Waals surface area contributed by atoms with Gasteiger partial charge in [0.05, 0.1) is 22.1 Å². The largest absolute Gasteiger partial charge is 0.457 e. The molecule has 41 heavy (non-hydrogen) atoms. The van der Waals surface area contributed by atoms with E-state index in [9.17, 15) is 4.39 Å². The Morgan fingerprint density at radius 1 is 0.512 bits per heavy atom. The van der Waals surface area contributed by atoms with Crippen LogP contribution in [0.25, 0.3) is 55.0 Å². The smallest absolute Gasteiger partial charge is 0.252 e. The summed E-state index contributed by atoms with van der Waals surface area (Å²) in [5.74, 6) is 1.37. The zero-order valence-corrected chi connectivity index (χ0v) is 21.8. The standard InChI is InChI=1S/C36H20BFN2O/c38-21-14-16-30-24(18-21)26-20-27-25-19-23(41-22-8-2-1-3-9-22)15-17-31(25)40-33-13-7-5-11-29(33)37-28-10-4-6-12-32(28)39(30)35(26)34(37)36(27)40/h1-20H. The van der Waals surface area contributed by atoms with Gasteiger partial charge in [0.1, 0.15) is 17.3 Å². The second-order valence-electron chi connectivity index (χ2n) is 11.1. The molecule has 0 radical (unpaired) electrons. The monoisotopic (exact) mass is 526 g/mol. The fourth-order valence-electron chi connectivity index (χ4n) is 7.47. The molecule has 5 heteroatoms. The first kappa shape index (κ1) is 21.5. The lowest BCUT2D eigenvalue weighted by Crippen LogP contribution is -2.59. The molecule has 3 nitrogen and oxygen atoms in total. The summed E-state index contributed by atoms with van der Waals surface area (Å²) in [5, 5.41) is 4.29. The summed E-state index contributed by atoms with van der Waals surface area (Å²) < 4.78 is 25.8. The number of benzene rings is 6. The van der Waals surface area contributed by atoms with Crippen LogP contribution < -0.4 is 21.1 Å². The Morgan fingerprint density at radius 3 is 1.78 bits per heavy atom. The zero-order valence-electron chi connectivity index (χ0n) is 21.8. The molecule has 2 aliphatic rings. The highest BCUT2D eigenvalue weighted by Crippen LogP contribution is 2.42. The van der Waals surface area contributed by atoms with Crippen LogP contribution in [-0.2, 0) is 0 Å². The molecule has 0 fully saturated rings. The first-order chi connectivity index (χ1) is 20.3. The Hall–Kier alpha value is -5.29. The summed E-state index contributed by atoms with van der Waals surface area (Å²) in [5.41, 5.74) is 10.7. The van der Waals surface area contributed by atoms with Crippen molar-refractivity contribution in [1.82, 2.24) is 9.13 Å². The van der Waals surface area contributed by atoms with E-state index in [4.69, 9.17) is 4.74 Å². The summed E-state index contributed by atoms with van der Waals surface area (Å²) >= 11 is 0. The number of hydrogen-bond acceptors (Lipinski definition) is 1. The van der Waals surface area contributed by atoms with Crippen LogP contribution in [-0.4, -0.2) is 15.8 Å². The van der Waals surface area contributed by atoms with Crippen molar-refractivity contribution in [1.29, 1.82) is 0 Å². The van der Waals surface area contributed by atoms with Crippen LogP contribution in [0.4, 0.5) is 4.39 Å². The fraction of sp³-hybridized carbons (Fsp3) is 0. The average Bonchev–Trinajstić information content (AvgIpc) is 3.52. The van der Waals surface area contributed by atoms with E-state index < -0.39 is 0 Å². The van der Waals surface area contributed by atoms with E-state index in [0.717, 1.165) is 49.8 Å². The Kier molecular flexibility index (Phi) is 3.92. The predicted molar refractivity (Wildman–Crippen MR) is 166 cm³/mol. The van der Waals surface area contributed by atoms with Crippen molar-refractivity contribution in [3.8, 4) is 22.9 Å². The van der Waals surface area contributed by atoms with Gasteiger partial charge >= 0.3 is 0 Å². The van der Waals surface area contributed by atoms with Gasteiger partial charge in [0, 0.05) is 32.9 Å². The van der Waals surface area contributed by atoms with E-state index >= 15 is 0 Å². The van der Waals surface area contributed by atoms with Gasteiger partial charge in [0.2, 0.25) is 0 Å². The van der Waals surface area contributed by atoms with Gasteiger partial charge in [-0.3, -0.25) is 0 Å². The number of nitrogens with zero attached hydrogens (tertiary/aromatic N) is 2. The normalized spacial score (nSPS) is 13.0. The zero-order chi connectivity index (χ0) is 26.8. The molecule has 0 saturated heterocycles. The van der Waals surface area contributed by atoms with E-state index in [2.05, 4.69) is 81.9 Å². The topological polar surface area (TPSA) is 19.1 Å². The number of rotatable bonds is 2. The van der Waals surface area contributed by atoms with Crippen molar-refractivity contribution < 1.29 is 9.13 Å². The van der Waals surface area contributed by atoms with E-state index in [-0.39, 0.29) is 12.5 Å². The molecule has 0 aliphatic carbocycles. The minimum absolute atomic E-state index is 0.0760. The summed E-state index contributed by atoms with van der Waals surface area (Å²) in [6.45, 7) is 0.0760. The maximum Gasteiger partial charge on any atom is 0.252 e. The Balaban J connectivity index is 1.43. The lowest BCUT2D eigenvalue weighted by atomic mass is 9.34. The second-order valence-corrected chi connectivity index (χ2v) is 11.1. The molecule has 0 amide bonds. The van der Waals surface area contributed by atoms with Crippen LogP contribution in [0.2, 0.25) is 0 Å². The third kappa shape index (κ3) is 2.64. The predicted octanol–water partition coefficient (Wildman–Crippen LogP) is 6.96. The molecule has 190 valence electrons. The molecule has 2 aliphatic heterocycles. The molecule has 0 bridgehead atoms. The van der Waals surface area contributed by atoms with Crippen molar-refractivity contribution in [2.45, 2.75) is 0 Å². The summed E-state index contributed by atoms with van der Waals surface area (Å²) in [4.78, 5) is 0. The van der Waals surface area contributed by atoms with E-state index in [1.165, 1.54) is 33.1 Å². The Morgan fingerprint density at radius 2 is 1.10 bits per heavy atom. The second kappa shape index (κ2) is 7.46. The molecule has 0 unspecified atom stereocenters. The minimum atomic E-state index is -0.222. The number of aromatic nitrogens is 2. The van der Waals surface area contributed by atoms with Crippen LogP contribution >= 0.6 is 0 Å². The van der Waals surface area contributed by atoms with Crippen molar-refractivity contribution in [2.75, 3.05) is 0 Å². The highest BCUT2D eigenvalue weighted by atomic mass is 19.1. The van der Waals surface area contributed by atoms with E-state index in [1.54, 1.807) is 12.1 Å². The van der Waals surface area contributed by atoms with Crippen molar-refractivity contribution >= 4 is 66.7 Å². The van der Waals surface area contributed by atoms with Gasteiger partial charge in [0.15, 0.2) is 0 Å². The molecule has 4 heterocycles. The maximum atomic E-state index is 14.8. The molecular formula is C36H20BFN2O. The van der Waals surface area contributed by atoms with Crippen molar-refractivity contribution in [3.05, 3.63) is 127 Å². The number of fused-ring (bicyclic) bond motifs is 12. The Labute approximate surface area is 234 Å². The average molecular weight is 526 g/mol. The van der Waals surface area contributed by atoms with Gasteiger partial charge in [0.25, 0.3) is 6.71 Å². The van der Waals surface area contributed by atoms with Gasteiger partial charge in [-0.1, -0.05) is 54.6 Å². The lowest BCUT2D eigenvalue weighted by molar-refractivity contribution is 0.483. The third-order valence-corrected chi connectivity index (χ3v) is 8.99.